The Morgan fingerprint density at radius 2 is 1.82 bits per heavy atom. The molecule has 0 aliphatic carbocycles. The summed E-state index contributed by atoms with van der Waals surface area (Å²) in [5.41, 5.74) is 0.965. The van der Waals surface area contributed by atoms with Crippen molar-refractivity contribution in [1.82, 2.24) is 0 Å². The first-order valence-electron chi connectivity index (χ1n) is 6.60. The third-order valence-electron chi connectivity index (χ3n) is 3.03. The van der Waals surface area contributed by atoms with Gasteiger partial charge in [-0.3, -0.25) is 19.7 Å². The van der Waals surface area contributed by atoms with Crippen molar-refractivity contribution in [2.45, 2.75) is 13.3 Å². The predicted octanol–water partition coefficient (Wildman–Crippen LogP) is 2.98. The number of nitro benzene ring substituents is 1. The summed E-state index contributed by atoms with van der Waals surface area (Å²) in [5, 5.41) is 13.5. The van der Waals surface area contributed by atoms with Gasteiger partial charge in [0.25, 0.3) is 5.69 Å². The Labute approximate surface area is 126 Å². The summed E-state index contributed by atoms with van der Waals surface area (Å²) in [4.78, 5) is 33.7. The number of carbonyl (C=O) groups is 2. The third-order valence-corrected chi connectivity index (χ3v) is 3.03. The Morgan fingerprint density at radius 3 is 2.41 bits per heavy atom. The molecule has 0 atom stereocenters. The van der Waals surface area contributed by atoms with Gasteiger partial charge in [-0.15, -0.1) is 0 Å². The van der Waals surface area contributed by atoms with Crippen LogP contribution < -0.4 is 5.32 Å². The second-order valence-electron chi connectivity index (χ2n) is 4.76. The van der Waals surface area contributed by atoms with Gasteiger partial charge in [-0.1, -0.05) is 36.4 Å². The van der Waals surface area contributed by atoms with Crippen LogP contribution in [-0.2, 0) is 11.2 Å². The molecule has 112 valence electrons. The van der Waals surface area contributed by atoms with E-state index in [2.05, 4.69) is 5.32 Å². The number of hydrogen-bond donors (Lipinski definition) is 1. The summed E-state index contributed by atoms with van der Waals surface area (Å²) in [6.45, 7) is 1.27. The van der Waals surface area contributed by atoms with Gasteiger partial charge in [0.05, 0.1) is 4.92 Å². The van der Waals surface area contributed by atoms with E-state index in [4.69, 9.17) is 0 Å². The van der Waals surface area contributed by atoms with Gasteiger partial charge in [0.2, 0.25) is 5.91 Å². The fraction of sp³-hybridized carbons (Fsp3) is 0.125. The number of Topliss-reactive ketones (excluding diaryl/α,β-unsaturated/α-hetero) is 1. The lowest BCUT2D eigenvalue weighted by Gasteiger charge is -2.06. The number of nitrogens with one attached hydrogen (secondary N) is 1. The molecule has 22 heavy (non-hydrogen) atoms. The molecule has 6 nitrogen and oxygen atoms in total. The zero-order valence-electron chi connectivity index (χ0n) is 11.9. The van der Waals surface area contributed by atoms with Crippen molar-refractivity contribution in [3.05, 3.63) is 69.8 Å². The normalized spacial score (nSPS) is 10.0. The smallest absolute Gasteiger partial charge is 0.293 e. The number of nitro groups is 1. The molecule has 2 aromatic carbocycles. The summed E-state index contributed by atoms with van der Waals surface area (Å²) in [6.07, 6.45) is 0.0607. The van der Waals surface area contributed by atoms with Crippen molar-refractivity contribution < 1.29 is 14.5 Å². The van der Waals surface area contributed by atoms with E-state index in [1.807, 2.05) is 6.07 Å². The molecule has 0 bridgehead atoms. The van der Waals surface area contributed by atoms with Crippen molar-refractivity contribution in [2.75, 3.05) is 5.32 Å². The highest BCUT2D eigenvalue weighted by molar-refractivity contribution is 5.98. The van der Waals surface area contributed by atoms with Gasteiger partial charge >= 0.3 is 0 Å². The molecule has 0 saturated carbocycles. The van der Waals surface area contributed by atoms with Crippen LogP contribution in [0.5, 0.6) is 0 Å². The van der Waals surface area contributed by atoms with E-state index >= 15 is 0 Å². The summed E-state index contributed by atoms with van der Waals surface area (Å²) >= 11 is 0. The monoisotopic (exact) mass is 298 g/mol. The Hall–Kier alpha value is -3.02. The molecule has 0 unspecified atom stereocenters. The van der Waals surface area contributed by atoms with E-state index < -0.39 is 10.8 Å². The van der Waals surface area contributed by atoms with Crippen LogP contribution in [0.4, 0.5) is 11.4 Å². The molecule has 2 rings (SSSR count). The molecule has 2 aromatic rings. The van der Waals surface area contributed by atoms with Gasteiger partial charge in [-0.2, -0.15) is 0 Å². The highest BCUT2D eigenvalue weighted by Crippen LogP contribution is 2.26. The highest BCUT2D eigenvalue weighted by Gasteiger charge is 2.17. The van der Waals surface area contributed by atoms with Gasteiger partial charge in [-0.05, 0) is 11.6 Å². The van der Waals surface area contributed by atoms with Crippen molar-refractivity contribution in [2.24, 2.45) is 0 Å². The molecule has 0 radical (unpaired) electrons. The molecule has 0 fully saturated rings. The molecular formula is C16H14N2O4. The Kier molecular flexibility index (Phi) is 4.63. The number of nitrogens with zero attached hydrogens (tertiary/aromatic N) is 1. The van der Waals surface area contributed by atoms with Crippen LogP contribution in [0, 0.1) is 10.1 Å². The average Bonchev–Trinajstić information content (AvgIpc) is 2.49. The van der Waals surface area contributed by atoms with Crippen molar-refractivity contribution in [1.29, 1.82) is 0 Å². The quantitative estimate of drug-likeness (QED) is 0.522. The maximum atomic E-state index is 12.1. The average molecular weight is 298 g/mol. The fourth-order valence-corrected chi connectivity index (χ4v) is 2.05. The Balaban J connectivity index is 2.25. The van der Waals surface area contributed by atoms with Gasteiger partial charge in [0.15, 0.2) is 5.78 Å². The summed E-state index contributed by atoms with van der Waals surface area (Å²) in [5.74, 6) is -0.515. The first-order valence-corrected chi connectivity index (χ1v) is 6.60. The van der Waals surface area contributed by atoms with E-state index in [1.165, 1.54) is 19.1 Å². The van der Waals surface area contributed by atoms with Crippen LogP contribution in [0.1, 0.15) is 22.8 Å². The van der Waals surface area contributed by atoms with E-state index in [9.17, 15) is 19.7 Å². The lowest BCUT2D eigenvalue weighted by molar-refractivity contribution is -0.384. The van der Waals surface area contributed by atoms with Gasteiger partial charge in [0.1, 0.15) is 5.69 Å². The number of amides is 1. The minimum absolute atomic E-state index is 0.0607. The van der Waals surface area contributed by atoms with Gasteiger partial charge in [-0.25, -0.2) is 0 Å². The molecule has 0 heterocycles. The van der Waals surface area contributed by atoms with Crippen molar-refractivity contribution in [3.63, 3.8) is 0 Å². The molecule has 0 aromatic heterocycles. The van der Waals surface area contributed by atoms with Crippen molar-refractivity contribution in [3.8, 4) is 0 Å². The molecule has 0 aliphatic heterocycles. The summed E-state index contributed by atoms with van der Waals surface area (Å²) in [7, 11) is 0. The maximum Gasteiger partial charge on any atom is 0.293 e. The van der Waals surface area contributed by atoms with Gasteiger partial charge in [0, 0.05) is 25.0 Å². The van der Waals surface area contributed by atoms with Crippen LogP contribution in [-0.4, -0.2) is 16.6 Å². The SMILES string of the molecule is CC(=O)Nc1ccc(CC(=O)c2ccccc2)cc1[N+](=O)[O-]. The van der Waals surface area contributed by atoms with E-state index in [1.54, 1.807) is 30.3 Å². The maximum absolute atomic E-state index is 12.1. The molecule has 1 N–H and O–H groups in total. The van der Waals surface area contributed by atoms with Gasteiger partial charge < -0.3 is 5.32 Å². The number of carbonyl (C=O) groups excluding carboxylic acids is 2. The standard InChI is InChI=1S/C16H14N2O4/c1-11(19)17-14-8-7-12(9-15(14)18(21)22)10-16(20)13-5-3-2-4-6-13/h2-9H,10H2,1H3,(H,17,19). The first-order chi connectivity index (χ1) is 10.5. The Bertz CT molecular complexity index is 726. The number of ketones is 1. The van der Waals surface area contributed by atoms with Crippen LogP contribution in [0.2, 0.25) is 0 Å². The third kappa shape index (κ3) is 3.76. The van der Waals surface area contributed by atoms with Crippen LogP contribution in [0.3, 0.4) is 0 Å². The molecule has 0 aliphatic rings. The number of benzene rings is 2. The largest absolute Gasteiger partial charge is 0.321 e. The molecule has 0 spiro atoms. The highest BCUT2D eigenvalue weighted by atomic mass is 16.6. The molecular weight excluding hydrogens is 284 g/mol. The van der Waals surface area contributed by atoms with E-state index in [-0.39, 0.29) is 23.6 Å². The second kappa shape index (κ2) is 6.62. The van der Waals surface area contributed by atoms with E-state index in [0.29, 0.717) is 11.1 Å². The van der Waals surface area contributed by atoms with Crippen LogP contribution in [0.15, 0.2) is 48.5 Å². The molecule has 6 heteroatoms. The molecule has 0 saturated heterocycles. The van der Waals surface area contributed by atoms with Crippen LogP contribution in [0.25, 0.3) is 0 Å². The fourth-order valence-electron chi connectivity index (χ4n) is 2.05. The zero-order chi connectivity index (χ0) is 16.1. The second-order valence-corrected chi connectivity index (χ2v) is 4.76. The van der Waals surface area contributed by atoms with E-state index in [0.717, 1.165) is 0 Å². The van der Waals surface area contributed by atoms with Crippen molar-refractivity contribution >= 4 is 23.1 Å². The Morgan fingerprint density at radius 1 is 1.14 bits per heavy atom. The minimum atomic E-state index is -0.582. The number of hydrogen-bond acceptors (Lipinski definition) is 4. The summed E-state index contributed by atoms with van der Waals surface area (Å²) < 4.78 is 0. The zero-order valence-corrected chi connectivity index (χ0v) is 11.9. The summed E-state index contributed by atoms with van der Waals surface area (Å²) in [6, 6.07) is 13.1. The lowest BCUT2D eigenvalue weighted by atomic mass is 10.0. The first kappa shape index (κ1) is 15.4. The lowest BCUT2D eigenvalue weighted by Crippen LogP contribution is -2.09. The number of rotatable bonds is 5. The predicted molar refractivity (Wildman–Crippen MR) is 81.9 cm³/mol. The molecule has 1 amide bonds. The number of anilines is 1. The topological polar surface area (TPSA) is 89.3 Å². The minimum Gasteiger partial charge on any atom is -0.321 e. The van der Waals surface area contributed by atoms with Crippen LogP contribution >= 0.6 is 0 Å².